The highest BCUT2D eigenvalue weighted by Gasteiger charge is 2.27. The molecule has 1 aromatic heterocycles. The number of rotatable bonds is 6. The first-order valence-electron chi connectivity index (χ1n) is 9.01. The third-order valence-corrected chi connectivity index (χ3v) is 5.82. The van der Waals surface area contributed by atoms with Gasteiger partial charge in [-0.15, -0.1) is 11.8 Å². The summed E-state index contributed by atoms with van der Waals surface area (Å²) in [5.41, 5.74) is 1.45. The minimum atomic E-state index is -0.275. The quantitative estimate of drug-likeness (QED) is 0.615. The SMILES string of the molecule is COc1cccc(C2CC(=O)NC(SCc3nc(-c4ccccc4Cl)no3)N2)c1. The molecule has 2 heterocycles. The minimum absolute atomic E-state index is 0.0173. The Hall–Kier alpha value is -2.55. The number of hydrogen-bond donors (Lipinski definition) is 2. The van der Waals surface area contributed by atoms with Gasteiger partial charge in [-0.3, -0.25) is 10.1 Å². The third kappa shape index (κ3) is 4.72. The molecule has 0 spiro atoms. The van der Waals surface area contributed by atoms with Crippen LogP contribution in [-0.2, 0) is 10.5 Å². The predicted molar refractivity (Wildman–Crippen MR) is 111 cm³/mol. The number of hydrogen-bond acceptors (Lipinski definition) is 7. The van der Waals surface area contributed by atoms with E-state index in [-0.39, 0.29) is 17.4 Å². The minimum Gasteiger partial charge on any atom is -0.497 e. The summed E-state index contributed by atoms with van der Waals surface area (Å²) < 4.78 is 10.6. The fraction of sp³-hybridized carbons (Fsp3) is 0.250. The second-order valence-electron chi connectivity index (χ2n) is 6.45. The Kier molecular flexibility index (Phi) is 6.03. The van der Waals surface area contributed by atoms with Crippen molar-refractivity contribution < 1.29 is 14.1 Å². The fourth-order valence-corrected chi connectivity index (χ4v) is 4.18. The van der Waals surface area contributed by atoms with E-state index >= 15 is 0 Å². The number of carbonyl (C=O) groups is 1. The first-order valence-corrected chi connectivity index (χ1v) is 10.4. The van der Waals surface area contributed by atoms with Gasteiger partial charge in [0.15, 0.2) is 0 Å². The zero-order valence-corrected chi connectivity index (χ0v) is 17.2. The lowest BCUT2D eigenvalue weighted by atomic mass is 10.0. The number of aromatic nitrogens is 2. The van der Waals surface area contributed by atoms with E-state index in [4.69, 9.17) is 20.9 Å². The Bertz CT molecular complexity index is 1010. The monoisotopic (exact) mass is 430 g/mol. The van der Waals surface area contributed by atoms with E-state index in [1.807, 2.05) is 42.5 Å². The average Bonchev–Trinajstić information content (AvgIpc) is 3.21. The maximum atomic E-state index is 12.2. The molecular weight excluding hydrogens is 412 g/mol. The average molecular weight is 431 g/mol. The van der Waals surface area contributed by atoms with Gasteiger partial charge in [-0.05, 0) is 29.8 Å². The second kappa shape index (κ2) is 8.86. The van der Waals surface area contributed by atoms with Crippen molar-refractivity contribution in [3.05, 3.63) is 65.0 Å². The summed E-state index contributed by atoms with van der Waals surface area (Å²) >= 11 is 7.66. The molecule has 29 heavy (non-hydrogen) atoms. The summed E-state index contributed by atoms with van der Waals surface area (Å²) in [6.45, 7) is 0. The number of amides is 1. The second-order valence-corrected chi connectivity index (χ2v) is 7.95. The van der Waals surface area contributed by atoms with Crippen molar-refractivity contribution in [3.8, 4) is 17.1 Å². The maximum absolute atomic E-state index is 12.2. The van der Waals surface area contributed by atoms with Gasteiger partial charge in [0.05, 0.1) is 17.9 Å². The molecule has 0 saturated carbocycles. The van der Waals surface area contributed by atoms with Crippen LogP contribution in [0.3, 0.4) is 0 Å². The van der Waals surface area contributed by atoms with Gasteiger partial charge in [-0.2, -0.15) is 4.98 Å². The van der Waals surface area contributed by atoms with Crippen molar-refractivity contribution in [1.29, 1.82) is 0 Å². The lowest BCUT2D eigenvalue weighted by molar-refractivity contribution is -0.123. The summed E-state index contributed by atoms with van der Waals surface area (Å²) in [5.74, 6) is 2.10. The largest absolute Gasteiger partial charge is 0.497 e. The Morgan fingerprint density at radius 2 is 2.14 bits per heavy atom. The smallest absolute Gasteiger partial charge is 0.237 e. The van der Waals surface area contributed by atoms with Crippen LogP contribution >= 0.6 is 23.4 Å². The Morgan fingerprint density at radius 3 is 2.97 bits per heavy atom. The normalized spacial score (nSPS) is 19.0. The summed E-state index contributed by atoms with van der Waals surface area (Å²) in [6.07, 6.45) is 0.363. The molecule has 1 fully saturated rings. The van der Waals surface area contributed by atoms with E-state index in [1.54, 1.807) is 13.2 Å². The summed E-state index contributed by atoms with van der Waals surface area (Å²) in [7, 11) is 1.63. The summed E-state index contributed by atoms with van der Waals surface area (Å²) in [4.78, 5) is 16.6. The number of carbonyl (C=O) groups excluding carboxylic acids is 1. The highest BCUT2D eigenvalue weighted by Crippen LogP contribution is 2.28. The lowest BCUT2D eigenvalue weighted by Gasteiger charge is -2.31. The summed E-state index contributed by atoms with van der Waals surface area (Å²) in [6, 6.07) is 14.9. The first kappa shape index (κ1) is 19.8. The van der Waals surface area contributed by atoms with Gasteiger partial charge >= 0.3 is 0 Å². The van der Waals surface area contributed by atoms with Crippen molar-refractivity contribution in [2.45, 2.75) is 23.7 Å². The molecule has 1 aliphatic heterocycles. The van der Waals surface area contributed by atoms with Crippen LogP contribution < -0.4 is 15.4 Å². The van der Waals surface area contributed by atoms with Gasteiger partial charge in [0.25, 0.3) is 0 Å². The van der Waals surface area contributed by atoms with Crippen molar-refractivity contribution in [3.63, 3.8) is 0 Å². The van der Waals surface area contributed by atoms with E-state index in [0.29, 0.717) is 28.9 Å². The van der Waals surface area contributed by atoms with E-state index in [2.05, 4.69) is 20.8 Å². The molecule has 4 rings (SSSR count). The Labute approximate surface area is 177 Å². The number of benzene rings is 2. The molecule has 0 aliphatic carbocycles. The lowest BCUT2D eigenvalue weighted by Crippen LogP contribution is -2.50. The Morgan fingerprint density at radius 1 is 1.28 bits per heavy atom. The van der Waals surface area contributed by atoms with Gasteiger partial charge in [0.2, 0.25) is 17.6 Å². The summed E-state index contributed by atoms with van der Waals surface area (Å²) in [5, 5.41) is 10.9. The van der Waals surface area contributed by atoms with Crippen LogP contribution in [0.1, 0.15) is 23.9 Å². The third-order valence-electron chi connectivity index (χ3n) is 4.49. The molecule has 2 unspecified atom stereocenters. The fourth-order valence-electron chi connectivity index (χ4n) is 3.06. The van der Waals surface area contributed by atoms with Crippen molar-refractivity contribution >= 4 is 29.3 Å². The van der Waals surface area contributed by atoms with Crippen LogP contribution in [-0.4, -0.2) is 28.7 Å². The number of methoxy groups -OCH3 is 1. The predicted octanol–water partition coefficient (Wildman–Crippen LogP) is 3.77. The number of halogens is 1. The van der Waals surface area contributed by atoms with Crippen LogP contribution in [0.25, 0.3) is 11.4 Å². The number of nitrogens with zero attached hydrogens (tertiary/aromatic N) is 2. The van der Waals surface area contributed by atoms with Crippen molar-refractivity contribution in [2.75, 3.05) is 7.11 Å². The highest BCUT2D eigenvalue weighted by atomic mass is 35.5. The zero-order chi connectivity index (χ0) is 20.2. The molecule has 2 aromatic carbocycles. The highest BCUT2D eigenvalue weighted by molar-refractivity contribution is 7.99. The molecule has 3 aromatic rings. The zero-order valence-electron chi connectivity index (χ0n) is 15.6. The molecule has 150 valence electrons. The number of ether oxygens (including phenoxy) is 1. The van der Waals surface area contributed by atoms with Crippen LogP contribution in [0.4, 0.5) is 0 Å². The van der Waals surface area contributed by atoms with Crippen LogP contribution in [0.15, 0.2) is 53.1 Å². The van der Waals surface area contributed by atoms with Crippen LogP contribution in [0.2, 0.25) is 5.02 Å². The molecule has 2 N–H and O–H groups in total. The molecule has 1 amide bonds. The molecule has 1 aliphatic rings. The van der Waals surface area contributed by atoms with Gasteiger partial charge in [-0.25, -0.2) is 0 Å². The molecule has 0 bridgehead atoms. The molecule has 9 heteroatoms. The van der Waals surface area contributed by atoms with E-state index < -0.39 is 0 Å². The van der Waals surface area contributed by atoms with E-state index in [0.717, 1.165) is 16.9 Å². The molecule has 1 saturated heterocycles. The van der Waals surface area contributed by atoms with Gasteiger partial charge < -0.3 is 14.6 Å². The maximum Gasteiger partial charge on any atom is 0.237 e. The topological polar surface area (TPSA) is 89.3 Å². The molecule has 0 radical (unpaired) electrons. The van der Waals surface area contributed by atoms with Crippen LogP contribution in [0, 0.1) is 0 Å². The Balaban J connectivity index is 1.40. The van der Waals surface area contributed by atoms with Gasteiger partial charge in [-0.1, -0.05) is 41.0 Å². The van der Waals surface area contributed by atoms with Crippen molar-refractivity contribution in [1.82, 2.24) is 20.8 Å². The van der Waals surface area contributed by atoms with E-state index in [9.17, 15) is 4.79 Å². The molecule has 2 atom stereocenters. The van der Waals surface area contributed by atoms with E-state index in [1.165, 1.54) is 11.8 Å². The molecular formula is C20H19ClN4O3S. The number of nitrogens with one attached hydrogen (secondary N) is 2. The first-order chi connectivity index (χ1) is 14.1. The number of thioether (sulfide) groups is 1. The van der Waals surface area contributed by atoms with Crippen molar-refractivity contribution in [2.24, 2.45) is 0 Å². The van der Waals surface area contributed by atoms with Gasteiger partial charge in [0, 0.05) is 18.0 Å². The van der Waals surface area contributed by atoms with Gasteiger partial charge in [0.1, 0.15) is 11.2 Å². The van der Waals surface area contributed by atoms with Crippen LogP contribution in [0.5, 0.6) is 5.75 Å². The standard InChI is InChI=1S/C20H19ClN4O3S/c1-27-13-6-4-5-12(9-13)16-10-17(26)23-20(22-16)29-11-18-24-19(25-28-18)14-7-2-3-8-15(14)21/h2-9,16,20,22H,10-11H2,1H3,(H,23,26). The molecule has 7 nitrogen and oxygen atoms in total.